The summed E-state index contributed by atoms with van der Waals surface area (Å²) in [4.78, 5) is 6.53. The number of rotatable bonds is 1. The lowest BCUT2D eigenvalue weighted by molar-refractivity contribution is 0.585. The van der Waals surface area contributed by atoms with E-state index in [-0.39, 0.29) is 24.8 Å². The van der Waals surface area contributed by atoms with E-state index in [0.29, 0.717) is 0 Å². The highest BCUT2D eigenvalue weighted by Crippen LogP contribution is 2.12. The van der Waals surface area contributed by atoms with Gasteiger partial charge in [0.1, 0.15) is 5.82 Å². The Labute approximate surface area is 102 Å². The Balaban J connectivity index is 0.000000980. The third-order valence-corrected chi connectivity index (χ3v) is 2.21. The molecule has 1 fully saturated rings. The van der Waals surface area contributed by atoms with Gasteiger partial charge in [0.25, 0.3) is 0 Å². The third-order valence-electron chi connectivity index (χ3n) is 2.21. The molecule has 0 bridgehead atoms. The van der Waals surface area contributed by atoms with Crippen LogP contribution >= 0.6 is 24.8 Å². The van der Waals surface area contributed by atoms with Crippen LogP contribution in [0.5, 0.6) is 0 Å². The number of hydrogen-bond donors (Lipinski definition) is 2. The molecule has 1 aromatic rings. The number of nitrogens with two attached hydrogens (primary N) is 1. The van der Waals surface area contributed by atoms with Crippen LogP contribution in [-0.2, 0) is 0 Å². The van der Waals surface area contributed by atoms with Crippen LogP contribution in [0.3, 0.4) is 0 Å². The molecule has 15 heavy (non-hydrogen) atoms. The molecule has 0 aliphatic carbocycles. The average molecular weight is 251 g/mol. The lowest BCUT2D eigenvalue weighted by Crippen LogP contribution is -2.43. The van der Waals surface area contributed by atoms with E-state index in [0.717, 1.165) is 37.7 Å². The molecule has 0 aromatic carbocycles. The van der Waals surface area contributed by atoms with Gasteiger partial charge in [-0.2, -0.15) is 0 Å². The molecular formula is C9H16Cl2N4. The molecule has 0 unspecified atom stereocenters. The maximum Gasteiger partial charge on any atom is 0.128 e. The minimum atomic E-state index is 0. The SMILES string of the molecule is Cl.Cl.Nc1ccc(N2CCNCC2)nc1. The number of nitrogen functional groups attached to an aromatic ring is 1. The summed E-state index contributed by atoms with van der Waals surface area (Å²) in [5.74, 6) is 1.02. The van der Waals surface area contributed by atoms with Gasteiger partial charge in [0.05, 0.1) is 11.9 Å². The summed E-state index contributed by atoms with van der Waals surface area (Å²) >= 11 is 0. The molecule has 0 spiro atoms. The van der Waals surface area contributed by atoms with Gasteiger partial charge in [-0.15, -0.1) is 24.8 Å². The van der Waals surface area contributed by atoms with E-state index in [1.807, 2.05) is 12.1 Å². The molecule has 0 amide bonds. The Hall–Kier alpha value is -0.710. The van der Waals surface area contributed by atoms with E-state index in [2.05, 4.69) is 15.2 Å². The zero-order valence-electron chi connectivity index (χ0n) is 8.35. The van der Waals surface area contributed by atoms with Gasteiger partial charge in [-0.05, 0) is 12.1 Å². The van der Waals surface area contributed by atoms with Gasteiger partial charge in [-0.1, -0.05) is 0 Å². The minimum Gasteiger partial charge on any atom is -0.397 e. The van der Waals surface area contributed by atoms with Crippen molar-refractivity contribution < 1.29 is 0 Å². The molecular weight excluding hydrogens is 235 g/mol. The monoisotopic (exact) mass is 250 g/mol. The van der Waals surface area contributed by atoms with E-state index in [9.17, 15) is 0 Å². The first-order valence-corrected chi connectivity index (χ1v) is 4.53. The molecule has 2 heterocycles. The normalized spacial score (nSPS) is 15.1. The molecule has 3 N–H and O–H groups in total. The van der Waals surface area contributed by atoms with Crippen LogP contribution in [0.25, 0.3) is 0 Å². The van der Waals surface area contributed by atoms with E-state index in [1.54, 1.807) is 6.20 Å². The van der Waals surface area contributed by atoms with Gasteiger partial charge in [-0.3, -0.25) is 0 Å². The number of hydrogen-bond acceptors (Lipinski definition) is 4. The molecule has 2 rings (SSSR count). The van der Waals surface area contributed by atoms with Gasteiger partial charge in [0.15, 0.2) is 0 Å². The van der Waals surface area contributed by atoms with E-state index in [1.165, 1.54) is 0 Å². The van der Waals surface area contributed by atoms with Gasteiger partial charge in [0, 0.05) is 26.2 Å². The first-order chi connectivity index (χ1) is 6.36. The maximum absolute atomic E-state index is 5.56. The molecule has 1 aromatic heterocycles. The van der Waals surface area contributed by atoms with Crippen LogP contribution in [0.2, 0.25) is 0 Å². The Bertz CT molecular complexity index is 272. The molecule has 1 saturated heterocycles. The fraction of sp³-hybridized carbons (Fsp3) is 0.444. The third kappa shape index (κ3) is 3.74. The second-order valence-corrected chi connectivity index (χ2v) is 3.19. The highest BCUT2D eigenvalue weighted by atomic mass is 35.5. The fourth-order valence-corrected chi connectivity index (χ4v) is 1.48. The molecule has 0 saturated carbocycles. The Morgan fingerprint density at radius 1 is 1.20 bits per heavy atom. The smallest absolute Gasteiger partial charge is 0.128 e. The molecule has 1 aliphatic rings. The Morgan fingerprint density at radius 2 is 1.87 bits per heavy atom. The quantitative estimate of drug-likeness (QED) is 0.779. The number of pyridine rings is 1. The highest BCUT2D eigenvalue weighted by molar-refractivity contribution is 5.85. The number of nitrogens with one attached hydrogen (secondary N) is 1. The van der Waals surface area contributed by atoms with Crippen molar-refractivity contribution in [2.45, 2.75) is 0 Å². The topological polar surface area (TPSA) is 54.2 Å². The number of halogens is 2. The number of anilines is 2. The molecule has 4 nitrogen and oxygen atoms in total. The van der Waals surface area contributed by atoms with Crippen molar-refractivity contribution in [1.29, 1.82) is 0 Å². The Kier molecular flexibility index (Phi) is 6.40. The van der Waals surface area contributed by atoms with Gasteiger partial charge >= 0.3 is 0 Å². The minimum absolute atomic E-state index is 0. The van der Waals surface area contributed by atoms with Gasteiger partial charge in [0.2, 0.25) is 0 Å². The fourth-order valence-electron chi connectivity index (χ4n) is 1.48. The number of aromatic nitrogens is 1. The van der Waals surface area contributed by atoms with Gasteiger partial charge in [-0.25, -0.2) is 4.98 Å². The maximum atomic E-state index is 5.56. The van der Waals surface area contributed by atoms with E-state index >= 15 is 0 Å². The lowest BCUT2D eigenvalue weighted by atomic mass is 10.3. The Morgan fingerprint density at radius 3 is 2.40 bits per heavy atom. The highest BCUT2D eigenvalue weighted by Gasteiger charge is 2.10. The number of piperazine rings is 1. The summed E-state index contributed by atoms with van der Waals surface area (Å²) in [5.41, 5.74) is 6.28. The van der Waals surface area contributed by atoms with Crippen LogP contribution in [0, 0.1) is 0 Å². The van der Waals surface area contributed by atoms with Gasteiger partial charge < -0.3 is 16.0 Å². The average Bonchev–Trinajstić information content (AvgIpc) is 2.20. The predicted octanol–water partition coefficient (Wildman–Crippen LogP) is 0.917. The molecule has 86 valence electrons. The first kappa shape index (κ1) is 14.3. The summed E-state index contributed by atoms with van der Waals surface area (Å²) in [7, 11) is 0. The summed E-state index contributed by atoms with van der Waals surface area (Å²) < 4.78 is 0. The summed E-state index contributed by atoms with van der Waals surface area (Å²) in [5, 5.41) is 3.30. The lowest BCUT2D eigenvalue weighted by Gasteiger charge is -2.28. The summed E-state index contributed by atoms with van der Waals surface area (Å²) in [6.07, 6.45) is 1.71. The zero-order valence-corrected chi connectivity index (χ0v) is 9.98. The van der Waals surface area contributed by atoms with Crippen LogP contribution < -0.4 is 16.0 Å². The van der Waals surface area contributed by atoms with E-state index < -0.39 is 0 Å². The predicted molar refractivity (Wildman–Crippen MR) is 68.2 cm³/mol. The molecule has 0 atom stereocenters. The summed E-state index contributed by atoms with van der Waals surface area (Å²) in [6.45, 7) is 4.12. The van der Waals surface area contributed by atoms with Crippen molar-refractivity contribution in [2.24, 2.45) is 0 Å². The zero-order chi connectivity index (χ0) is 9.10. The molecule has 1 aliphatic heterocycles. The summed E-state index contributed by atoms with van der Waals surface area (Å²) in [6, 6.07) is 3.87. The van der Waals surface area contributed by atoms with Crippen molar-refractivity contribution >= 4 is 36.3 Å². The number of nitrogens with zero attached hydrogens (tertiary/aromatic N) is 2. The molecule has 0 radical (unpaired) electrons. The van der Waals surface area contributed by atoms with Crippen LogP contribution in [0.1, 0.15) is 0 Å². The largest absolute Gasteiger partial charge is 0.397 e. The van der Waals surface area contributed by atoms with Crippen molar-refractivity contribution in [3.63, 3.8) is 0 Å². The standard InChI is InChI=1S/C9H14N4.2ClH/c10-8-1-2-9(12-7-8)13-5-3-11-4-6-13;;/h1-2,7,11H,3-6,10H2;2*1H. The first-order valence-electron chi connectivity index (χ1n) is 4.53. The van der Waals surface area contributed by atoms with Crippen molar-refractivity contribution in [3.8, 4) is 0 Å². The van der Waals surface area contributed by atoms with Crippen LogP contribution in [0.4, 0.5) is 11.5 Å². The van der Waals surface area contributed by atoms with Crippen molar-refractivity contribution in [1.82, 2.24) is 10.3 Å². The van der Waals surface area contributed by atoms with Crippen LogP contribution in [-0.4, -0.2) is 31.2 Å². The van der Waals surface area contributed by atoms with Crippen LogP contribution in [0.15, 0.2) is 18.3 Å². The molecule has 6 heteroatoms. The van der Waals surface area contributed by atoms with E-state index in [4.69, 9.17) is 5.73 Å². The second-order valence-electron chi connectivity index (χ2n) is 3.19. The second kappa shape index (κ2) is 6.71. The van der Waals surface area contributed by atoms with Crippen molar-refractivity contribution in [3.05, 3.63) is 18.3 Å². The van der Waals surface area contributed by atoms with Crippen molar-refractivity contribution in [2.75, 3.05) is 36.8 Å².